The Labute approximate surface area is 111 Å². The highest BCUT2D eigenvalue weighted by molar-refractivity contribution is 7.07. The molecule has 0 amide bonds. The molecule has 4 nitrogen and oxygen atoms in total. The van der Waals surface area contributed by atoms with Crippen LogP contribution in [0.2, 0.25) is 0 Å². The summed E-state index contributed by atoms with van der Waals surface area (Å²) in [5, 5.41) is 5.34. The number of hydrogen-bond acceptors (Lipinski definition) is 5. The van der Waals surface area contributed by atoms with Gasteiger partial charge in [-0.1, -0.05) is 6.07 Å². The number of rotatable bonds is 7. The minimum absolute atomic E-state index is 0.562. The number of hydrogen-bond donors (Lipinski definition) is 1. The van der Waals surface area contributed by atoms with Crippen molar-refractivity contribution in [2.75, 3.05) is 25.6 Å². The smallest absolute Gasteiger partial charge is 0.121 e. The van der Waals surface area contributed by atoms with Crippen LogP contribution in [-0.4, -0.2) is 25.3 Å². The lowest BCUT2D eigenvalue weighted by Crippen LogP contribution is -2.05. The summed E-state index contributed by atoms with van der Waals surface area (Å²) < 4.78 is 10.5. The third-order valence-corrected chi connectivity index (χ3v) is 2.98. The molecule has 0 saturated carbocycles. The predicted octanol–water partition coefficient (Wildman–Crippen LogP) is 2.78. The number of methoxy groups -OCH3 is 1. The predicted molar refractivity (Wildman–Crippen MR) is 73.3 cm³/mol. The summed E-state index contributed by atoms with van der Waals surface area (Å²) in [6, 6.07) is 7.88. The molecule has 2 aromatic rings. The maximum atomic E-state index is 5.55. The lowest BCUT2D eigenvalue weighted by Gasteiger charge is -2.08. The van der Waals surface area contributed by atoms with E-state index in [1.54, 1.807) is 18.4 Å². The van der Waals surface area contributed by atoms with Crippen molar-refractivity contribution in [2.24, 2.45) is 0 Å². The second-order valence-corrected chi connectivity index (χ2v) is 4.42. The van der Waals surface area contributed by atoms with Crippen LogP contribution in [0.15, 0.2) is 35.2 Å². The molecule has 0 spiro atoms. The van der Waals surface area contributed by atoms with Gasteiger partial charge in [-0.25, -0.2) is 4.98 Å². The Bertz CT molecular complexity index is 460. The van der Waals surface area contributed by atoms with Crippen molar-refractivity contribution in [3.05, 3.63) is 40.8 Å². The van der Waals surface area contributed by atoms with Crippen molar-refractivity contribution in [3.8, 4) is 5.75 Å². The lowest BCUT2D eigenvalue weighted by molar-refractivity contribution is 0.146. The van der Waals surface area contributed by atoms with Crippen LogP contribution < -0.4 is 10.1 Å². The molecule has 0 aliphatic heterocycles. The minimum atomic E-state index is 0.562. The monoisotopic (exact) mass is 264 g/mol. The van der Waals surface area contributed by atoms with Crippen molar-refractivity contribution in [1.29, 1.82) is 0 Å². The van der Waals surface area contributed by atoms with E-state index in [0.717, 1.165) is 23.7 Å². The molecule has 0 atom stereocenters. The van der Waals surface area contributed by atoms with Gasteiger partial charge in [0.15, 0.2) is 0 Å². The number of thiazole rings is 1. The van der Waals surface area contributed by atoms with Gasteiger partial charge >= 0.3 is 0 Å². The van der Waals surface area contributed by atoms with Crippen LogP contribution in [0.4, 0.5) is 5.69 Å². The van der Waals surface area contributed by atoms with Crippen molar-refractivity contribution in [3.63, 3.8) is 0 Å². The van der Waals surface area contributed by atoms with E-state index in [1.165, 1.54) is 0 Å². The van der Waals surface area contributed by atoms with E-state index in [2.05, 4.69) is 10.3 Å². The van der Waals surface area contributed by atoms with Gasteiger partial charge in [-0.05, 0) is 12.1 Å². The van der Waals surface area contributed by atoms with Gasteiger partial charge in [-0.3, -0.25) is 0 Å². The summed E-state index contributed by atoms with van der Waals surface area (Å²) in [7, 11) is 1.66. The van der Waals surface area contributed by atoms with Crippen molar-refractivity contribution in [2.45, 2.75) is 6.54 Å². The average molecular weight is 264 g/mol. The van der Waals surface area contributed by atoms with Gasteiger partial charge in [0.2, 0.25) is 0 Å². The van der Waals surface area contributed by atoms with Crippen molar-refractivity contribution >= 4 is 17.0 Å². The van der Waals surface area contributed by atoms with Gasteiger partial charge < -0.3 is 14.8 Å². The van der Waals surface area contributed by atoms with Crippen LogP contribution in [0, 0.1) is 0 Å². The van der Waals surface area contributed by atoms with Gasteiger partial charge in [-0.15, -0.1) is 11.3 Å². The molecular weight excluding hydrogens is 248 g/mol. The van der Waals surface area contributed by atoms with E-state index in [0.29, 0.717) is 13.2 Å². The zero-order valence-corrected chi connectivity index (χ0v) is 11.1. The highest BCUT2D eigenvalue weighted by Crippen LogP contribution is 2.18. The summed E-state index contributed by atoms with van der Waals surface area (Å²) in [6.07, 6.45) is 0. The number of aromatic nitrogens is 1. The van der Waals surface area contributed by atoms with E-state index in [4.69, 9.17) is 9.47 Å². The van der Waals surface area contributed by atoms with Crippen molar-refractivity contribution < 1.29 is 9.47 Å². The minimum Gasteiger partial charge on any atom is -0.491 e. The fourth-order valence-corrected chi connectivity index (χ4v) is 2.01. The summed E-state index contributed by atoms with van der Waals surface area (Å²) in [6.45, 7) is 1.88. The number of nitrogens with zero attached hydrogens (tertiary/aromatic N) is 1. The maximum absolute atomic E-state index is 5.55. The first-order chi connectivity index (χ1) is 8.88. The largest absolute Gasteiger partial charge is 0.491 e. The van der Waals surface area contributed by atoms with E-state index >= 15 is 0 Å². The molecule has 0 aliphatic rings. The zero-order valence-electron chi connectivity index (χ0n) is 10.3. The van der Waals surface area contributed by atoms with E-state index in [9.17, 15) is 0 Å². The molecule has 0 aliphatic carbocycles. The molecule has 1 aromatic heterocycles. The molecule has 1 N–H and O–H groups in total. The fraction of sp³-hybridized carbons (Fsp3) is 0.308. The highest BCUT2D eigenvalue weighted by atomic mass is 32.1. The second kappa shape index (κ2) is 6.98. The summed E-state index contributed by atoms with van der Waals surface area (Å²) in [4.78, 5) is 4.22. The Balaban J connectivity index is 1.86. The molecule has 1 aromatic carbocycles. The quantitative estimate of drug-likeness (QED) is 0.781. The molecule has 18 heavy (non-hydrogen) atoms. The van der Waals surface area contributed by atoms with Crippen molar-refractivity contribution in [1.82, 2.24) is 4.98 Å². The summed E-state index contributed by atoms with van der Waals surface area (Å²) >= 11 is 1.60. The van der Waals surface area contributed by atoms with E-state index < -0.39 is 0 Å². The van der Waals surface area contributed by atoms with E-state index in [-0.39, 0.29) is 0 Å². The Morgan fingerprint density at radius 2 is 2.28 bits per heavy atom. The Kier molecular flexibility index (Phi) is 4.99. The van der Waals surface area contributed by atoms with E-state index in [1.807, 2.05) is 35.2 Å². The lowest BCUT2D eigenvalue weighted by atomic mass is 10.3. The molecule has 5 heteroatoms. The number of nitrogens with one attached hydrogen (secondary N) is 1. The van der Waals surface area contributed by atoms with Gasteiger partial charge in [0.1, 0.15) is 12.4 Å². The molecule has 0 radical (unpaired) electrons. The third kappa shape index (κ3) is 4.01. The summed E-state index contributed by atoms with van der Waals surface area (Å²) in [5.41, 5.74) is 3.91. The van der Waals surface area contributed by atoms with Gasteiger partial charge in [0, 0.05) is 24.2 Å². The summed E-state index contributed by atoms with van der Waals surface area (Å²) in [5.74, 6) is 0.843. The normalized spacial score (nSPS) is 10.3. The fourth-order valence-electron chi connectivity index (χ4n) is 1.46. The average Bonchev–Trinajstić information content (AvgIpc) is 2.90. The first kappa shape index (κ1) is 12.9. The molecule has 96 valence electrons. The highest BCUT2D eigenvalue weighted by Gasteiger charge is 1.98. The molecule has 0 saturated heterocycles. The van der Waals surface area contributed by atoms with Gasteiger partial charge in [0.05, 0.1) is 24.4 Å². The first-order valence-electron chi connectivity index (χ1n) is 5.71. The van der Waals surface area contributed by atoms with Crippen LogP contribution in [-0.2, 0) is 11.3 Å². The molecule has 0 unspecified atom stereocenters. The first-order valence-corrected chi connectivity index (χ1v) is 6.65. The van der Waals surface area contributed by atoms with Crippen LogP contribution >= 0.6 is 11.3 Å². The maximum Gasteiger partial charge on any atom is 0.121 e. The van der Waals surface area contributed by atoms with Gasteiger partial charge in [0.25, 0.3) is 0 Å². The molecular formula is C13H16N2O2S. The number of anilines is 1. The Morgan fingerprint density at radius 3 is 3.06 bits per heavy atom. The van der Waals surface area contributed by atoms with Gasteiger partial charge in [-0.2, -0.15) is 0 Å². The SMILES string of the molecule is COCCOc1cccc(NCc2cscn2)c1. The van der Waals surface area contributed by atoms with Crippen LogP contribution in [0.1, 0.15) is 5.69 Å². The standard InChI is InChI=1S/C13H16N2O2S/c1-16-5-6-17-13-4-2-3-11(7-13)14-8-12-9-18-10-15-12/h2-4,7,9-10,14H,5-6,8H2,1H3. The molecule has 0 fully saturated rings. The molecule has 0 bridgehead atoms. The third-order valence-electron chi connectivity index (χ3n) is 2.35. The number of benzene rings is 1. The topological polar surface area (TPSA) is 43.4 Å². The van der Waals surface area contributed by atoms with Crippen LogP contribution in [0.5, 0.6) is 5.75 Å². The molecule has 2 rings (SSSR count). The Hall–Kier alpha value is -1.59. The van der Waals surface area contributed by atoms with Crippen LogP contribution in [0.25, 0.3) is 0 Å². The van der Waals surface area contributed by atoms with Crippen LogP contribution in [0.3, 0.4) is 0 Å². The Morgan fingerprint density at radius 1 is 1.33 bits per heavy atom. The molecule has 1 heterocycles. The second-order valence-electron chi connectivity index (χ2n) is 3.70. The number of ether oxygens (including phenoxy) is 2. The zero-order chi connectivity index (χ0) is 12.6.